The van der Waals surface area contributed by atoms with Gasteiger partial charge in [-0.3, -0.25) is 9.59 Å². The van der Waals surface area contributed by atoms with Crippen molar-refractivity contribution in [1.29, 1.82) is 0 Å². The van der Waals surface area contributed by atoms with Gasteiger partial charge in [0.05, 0.1) is 24.4 Å². The summed E-state index contributed by atoms with van der Waals surface area (Å²) >= 11 is 3.34. The largest absolute Gasteiger partial charge is 0.493 e. The summed E-state index contributed by atoms with van der Waals surface area (Å²) in [6, 6.07) is 13.0. The van der Waals surface area contributed by atoms with E-state index in [4.69, 9.17) is 4.74 Å². The highest BCUT2D eigenvalue weighted by Gasteiger charge is 2.36. The summed E-state index contributed by atoms with van der Waals surface area (Å²) in [6.07, 6.45) is 2.04. The van der Waals surface area contributed by atoms with Crippen LogP contribution in [0.15, 0.2) is 46.9 Å². The lowest BCUT2D eigenvalue weighted by Gasteiger charge is -2.19. The van der Waals surface area contributed by atoms with Gasteiger partial charge in [0, 0.05) is 10.0 Å². The fourth-order valence-corrected chi connectivity index (χ4v) is 3.06. The normalized spacial score (nSPS) is 13.3. The van der Waals surface area contributed by atoms with Crippen LogP contribution in [0.1, 0.15) is 35.7 Å². The predicted molar refractivity (Wildman–Crippen MR) is 96.5 cm³/mol. The Bertz CT molecular complexity index is 788. The molecule has 0 spiro atoms. The molecule has 124 valence electrons. The van der Waals surface area contributed by atoms with Crippen LogP contribution in [-0.2, 0) is 11.3 Å². The number of amides is 1. The highest BCUT2D eigenvalue weighted by atomic mass is 79.9. The number of nitrogens with zero attached hydrogens (tertiary/aromatic N) is 1. The van der Waals surface area contributed by atoms with Crippen molar-refractivity contribution in [2.45, 2.75) is 26.3 Å². The lowest BCUT2D eigenvalue weighted by atomic mass is 10.1. The van der Waals surface area contributed by atoms with Crippen LogP contribution in [0.25, 0.3) is 0 Å². The van der Waals surface area contributed by atoms with Crippen molar-refractivity contribution < 1.29 is 14.3 Å². The van der Waals surface area contributed by atoms with Gasteiger partial charge in [0.1, 0.15) is 5.75 Å². The fraction of sp³-hybridized carbons (Fsp3) is 0.263. The number of rotatable bonds is 6. The first-order valence-corrected chi connectivity index (χ1v) is 8.77. The van der Waals surface area contributed by atoms with Crippen molar-refractivity contribution in [3.8, 4) is 5.75 Å². The van der Waals surface area contributed by atoms with E-state index in [0.29, 0.717) is 24.4 Å². The molecule has 0 unspecified atom stereocenters. The first kappa shape index (κ1) is 16.7. The van der Waals surface area contributed by atoms with Crippen LogP contribution in [0, 0.1) is 0 Å². The van der Waals surface area contributed by atoms with Crippen molar-refractivity contribution in [2.75, 3.05) is 11.5 Å². The number of ketones is 1. The Hall–Kier alpha value is -2.14. The van der Waals surface area contributed by atoms with Gasteiger partial charge in [-0.05, 0) is 30.7 Å². The van der Waals surface area contributed by atoms with Crippen LogP contribution in [0.3, 0.4) is 0 Å². The van der Waals surface area contributed by atoms with Gasteiger partial charge in [-0.2, -0.15) is 0 Å². The summed E-state index contributed by atoms with van der Waals surface area (Å²) in [5.74, 6) is -0.195. The number of carbonyl (C=O) groups excluding carboxylic acids is 2. The Morgan fingerprint density at radius 2 is 1.92 bits per heavy atom. The number of fused-ring (bicyclic) bond motifs is 1. The number of carbonyl (C=O) groups is 2. The molecule has 0 saturated carbocycles. The highest BCUT2D eigenvalue weighted by Crippen LogP contribution is 2.33. The number of para-hydroxylation sites is 1. The third-order valence-electron chi connectivity index (χ3n) is 3.99. The molecular formula is C19H18BrNO3. The lowest BCUT2D eigenvalue weighted by Crippen LogP contribution is -2.29. The molecule has 0 N–H and O–H groups in total. The second-order valence-corrected chi connectivity index (χ2v) is 6.61. The van der Waals surface area contributed by atoms with Crippen molar-refractivity contribution in [3.63, 3.8) is 0 Å². The molecule has 1 aliphatic rings. The van der Waals surface area contributed by atoms with E-state index in [1.807, 2.05) is 30.3 Å². The summed E-state index contributed by atoms with van der Waals surface area (Å²) in [7, 11) is 0. The molecule has 24 heavy (non-hydrogen) atoms. The van der Waals surface area contributed by atoms with Gasteiger partial charge >= 0.3 is 0 Å². The van der Waals surface area contributed by atoms with E-state index in [9.17, 15) is 9.59 Å². The molecule has 0 saturated heterocycles. The van der Waals surface area contributed by atoms with Crippen molar-refractivity contribution in [3.05, 3.63) is 58.1 Å². The first-order valence-electron chi connectivity index (χ1n) is 7.98. The van der Waals surface area contributed by atoms with E-state index in [-0.39, 0.29) is 0 Å². The highest BCUT2D eigenvalue weighted by molar-refractivity contribution is 9.10. The number of hydrogen-bond donors (Lipinski definition) is 0. The molecular weight excluding hydrogens is 370 g/mol. The van der Waals surface area contributed by atoms with E-state index < -0.39 is 11.7 Å². The minimum absolute atomic E-state index is 0.321. The Balaban J connectivity index is 1.87. The number of unbranched alkanes of at least 4 members (excludes halogenated alkanes) is 1. The van der Waals surface area contributed by atoms with Crippen molar-refractivity contribution in [2.24, 2.45) is 0 Å². The third kappa shape index (κ3) is 3.22. The van der Waals surface area contributed by atoms with Gasteiger partial charge in [-0.1, -0.05) is 47.5 Å². The van der Waals surface area contributed by atoms with Gasteiger partial charge < -0.3 is 9.64 Å². The number of anilines is 1. The average molecular weight is 388 g/mol. The molecule has 1 heterocycles. The standard InChI is InChI=1S/C19H18BrNO3/c1-2-3-10-24-17-7-5-4-6-13(17)12-21-16-9-8-14(20)11-15(16)18(22)19(21)23/h4-9,11H,2-3,10,12H2,1H3. The Labute approximate surface area is 149 Å². The number of hydrogen-bond acceptors (Lipinski definition) is 3. The zero-order valence-corrected chi connectivity index (χ0v) is 15.0. The van der Waals surface area contributed by atoms with Crippen molar-refractivity contribution >= 4 is 33.3 Å². The van der Waals surface area contributed by atoms with Gasteiger partial charge in [-0.15, -0.1) is 0 Å². The quantitative estimate of drug-likeness (QED) is 0.546. The molecule has 3 rings (SSSR count). The van der Waals surface area contributed by atoms with E-state index >= 15 is 0 Å². The van der Waals surface area contributed by atoms with Gasteiger partial charge in [0.25, 0.3) is 11.7 Å². The zero-order chi connectivity index (χ0) is 17.1. The molecule has 2 aromatic rings. The number of ether oxygens (including phenoxy) is 1. The average Bonchev–Trinajstić information content (AvgIpc) is 2.81. The van der Waals surface area contributed by atoms with Crippen LogP contribution < -0.4 is 9.64 Å². The van der Waals surface area contributed by atoms with Crippen LogP contribution in [0.4, 0.5) is 5.69 Å². The zero-order valence-electron chi connectivity index (χ0n) is 13.4. The van der Waals surface area contributed by atoms with Crippen LogP contribution in [0.2, 0.25) is 0 Å². The molecule has 0 atom stereocenters. The van der Waals surface area contributed by atoms with E-state index in [2.05, 4.69) is 22.9 Å². The van der Waals surface area contributed by atoms with Crippen LogP contribution >= 0.6 is 15.9 Å². The topological polar surface area (TPSA) is 46.6 Å². The fourth-order valence-electron chi connectivity index (χ4n) is 2.70. The third-order valence-corrected chi connectivity index (χ3v) is 4.48. The molecule has 0 radical (unpaired) electrons. The maximum absolute atomic E-state index is 12.4. The molecule has 0 bridgehead atoms. The Kier molecular flexibility index (Phi) is 5.00. The molecule has 0 aliphatic carbocycles. The Morgan fingerprint density at radius 1 is 1.12 bits per heavy atom. The summed E-state index contributed by atoms with van der Waals surface area (Å²) in [5.41, 5.74) is 1.99. The number of benzene rings is 2. The predicted octanol–water partition coefficient (Wildman–Crippen LogP) is 4.36. The minimum atomic E-state index is -0.494. The van der Waals surface area contributed by atoms with Gasteiger partial charge in [0.2, 0.25) is 0 Å². The van der Waals surface area contributed by atoms with Crippen LogP contribution in [-0.4, -0.2) is 18.3 Å². The van der Waals surface area contributed by atoms with Crippen LogP contribution in [0.5, 0.6) is 5.75 Å². The smallest absolute Gasteiger partial charge is 0.299 e. The molecule has 1 aliphatic heterocycles. The molecule has 0 aromatic heterocycles. The number of halogens is 1. The summed E-state index contributed by atoms with van der Waals surface area (Å²) in [4.78, 5) is 26.1. The maximum Gasteiger partial charge on any atom is 0.299 e. The first-order chi connectivity index (χ1) is 11.6. The molecule has 2 aromatic carbocycles. The van der Waals surface area contributed by atoms with E-state index in [0.717, 1.165) is 28.6 Å². The molecule has 0 fully saturated rings. The van der Waals surface area contributed by atoms with E-state index in [1.165, 1.54) is 4.90 Å². The van der Waals surface area contributed by atoms with Crippen molar-refractivity contribution in [1.82, 2.24) is 0 Å². The SMILES string of the molecule is CCCCOc1ccccc1CN1C(=O)C(=O)c2cc(Br)ccc21. The minimum Gasteiger partial charge on any atom is -0.493 e. The van der Waals surface area contributed by atoms with Gasteiger partial charge in [0.15, 0.2) is 0 Å². The second kappa shape index (κ2) is 7.18. The lowest BCUT2D eigenvalue weighted by molar-refractivity contribution is -0.114. The molecule has 1 amide bonds. The summed E-state index contributed by atoms with van der Waals surface area (Å²) in [6.45, 7) is 3.07. The number of Topliss-reactive ketones (excluding diaryl/α,β-unsaturated/α-hetero) is 1. The van der Waals surface area contributed by atoms with E-state index in [1.54, 1.807) is 12.1 Å². The monoisotopic (exact) mass is 387 g/mol. The van der Waals surface area contributed by atoms with Gasteiger partial charge in [-0.25, -0.2) is 0 Å². The summed E-state index contributed by atoms with van der Waals surface area (Å²) in [5, 5.41) is 0. The maximum atomic E-state index is 12.4. The Morgan fingerprint density at radius 3 is 2.71 bits per heavy atom. The second-order valence-electron chi connectivity index (χ2n) is 5.69. The molecule has 4 nitrogen and oxygen atoms in total. The summed E-state index contributed by atoms with van der Waals surface area (Å²) < 4.78 is 6.61. The molecule has 5 heteroatoms.